The topological polar surface area (TPSA) is 101 Å². The molecule has 0 saturated carbocycles. The van der Waals surface area contributed by atoms with Gasteiger partial charge in [-0.1, -0.05) is 0 Å². The lowest BCUT2D eigenvalue weighted by Gasteiger charge is -2.24. The number of aliphatic carboxylic acids is 1. The van der Waals surface area contributed by atoms with Crippen molar-refractivity contribution in [3.8, 4) is 0 Å². The van der Waals surface area contributed by atoms with E-state index >= 15 is 0 Å². The van der Waals surface area contributed by atoms with Crippen LogP contribution in [0.15, 0.2) is 0 Å². The summed E-state index contributed by atoms with van der Waals surface area (Å²) < 4.78 is 27.8. The summed E-state index contributed by atoms with van der Waals surface area (Å²) in [4.78, 5) is 24.3. The maximum absolute atomic E-state index is 11.9. The molecule has 1 aliphatic rings. The van der Waals surface area contributed by atoms with Gasteiger partial charge in [0, 0.05) is 25.3 Å². The molecule has 0 spiro atoms. The molecule has 0 aromatic carbocycles. The molecule has 0 aromatic rings. The molecule has 7 nitrogen and oxygen atoms in total. The Morgan fingerprint density at radius 1 is 1.30 bits per heavy atom. The zero-order valence-corrected chi connectivity index (χ0v) is 12.9. The molecule has 116 valence electrons. The smallest absolute Gasteiger partial charge is 0.410 e. The Labute approximate surface area is 118 Å². The second-order valence-electron chi connectivity index (χ2n) is 6.18. The van der Waals surface area contributed by atoms with Crippen LogP contribution in [0.25, 0.3) is 0 Å². The number of nitrogens with zero attached hydrogens (tertiary/aromatic N) is 1. The molecule has 1 aliphatic heterocycles. The van der Waals surface area contributed by atoms with Crippen LogP contribution < -0.4 is 0 Å². The van der Waals surface area contributed by atoms with Gasteiger partial charge in [0.05, 0.1) is 11.7 Å². The third-order valence-electron chi connectivity index (χ3n) is 2.93. The van der Waals surface area contributed by atoms with E-state index in [0.29, 0.717) is 0 Å². The van der Waals surface area contributed by atoms with E-state index in [2.05, 4.69) is 0 Å². The van der Waals surface area contributed by atoms with Crippen molar-refractivity contribution in [2.45, 2.75) is 26.4 Å². The highest BCUT2D eigenvalue weighted by atomic mass is 32.2. The van der Waals surface area contributed by atoms with Gasteiger partial charge in [-0.05, 0) is 20.8 Å². The summed E-state index contributed by atoms with van der Waals surface area (Å²) in [6.45, 7) is 5.19. The van der Waals surface area contributed by atoms with Gasteiger partial charge in [0.1, 0.15) is 15.4 Å². The molecule has 0 unspecified atom stereocenters. The molecular weight excluding hydrogens is 286 g/mol. The number of hydrogen-bond acceptors (Lipinski definition) is 5. The van der Waals surface area contributed by atoms with Crippen LogP contribution in [0.3, 0.4) is 0 Å². The first kappa shape index (κ1) is 16.7. The second kappa shape index (κ2) is 5.59. The molecule has 1 N–H and O–H groups in total. The number of carboxylic acids is 1. The minimum absolute atomic E-state index is 0.0234. The first-order valence-electron chi connectivity index (χ1n) is 6.27. The standard InChI is InChI=1S/C12H21NO6S/c1-12(2,3)19-11(16)13-5-8(7-20(4,17)18)9(6-13)10(14)15/h8-9H,5-7H2,1-4H3,(H,14,15)/t8-,9-/m0/s1. The molecular formula is C12H21NO6S. The van der Waals surface area contributed by atoms with Crippen molar-refractivity contribution in [2.24, 2.45) is 11.8 Å². The predicted molar refractivity (Wildman–Crippen MR) is 72.1 cm³/mol. The van der Waals surface area contributed by atoms with E-state index in [1.54, 1.807) is 20.8 Å². The fourth-order valence-electron chi connectivity index (χ4n) is 2.18. The minimum atomic E-state index is -3.30. The van der Waals surface area contributed by atoms with E-state index in [4.69, 9.17) is 9.84 Å². The Bertz CT molecular complexity index is 493. The maximum atomic E-state index is 11.9. The number of carboxylic acid groups (broad SMARTS) is 1. The highest BCUT2D eigenvalue weighted by Gasteiger charge is 2.42. The predicted octanol–water partition coefficient (Wildman–Crippen LogP) is 0.599. The highest BCUT2D eigenvalue weighted by molar-refractivity contribution is 7.90. The van der Waals surface area contributed by atoms with Crippen molar-refractivity contribution in [3.63, 3.8) is 0 Å². The van der Waals surface area contributed by atoms with E-state index in [0.717, 1.165) is 6.26 Å². The van der Waals surface area contributed by atoms with E-state index in [9.17, 15) is 18.0 Å². The maximum Gasteiger partial charge on any atom is 0.410 e. The lowest BCUT2D eigenvalue weighted by atomic mass is 9.98. The van der Waals surface area contributed by atoms with Gasteiger partial charge in [0.15, 0.2) is 0 Å². The summed E-state index contributed by atoms with van der Waals surface area (Å²) in [6, 6.07) is 0. The fourth-order valence-corrected chi connectivity index (χ4v) is 3.30. The summed E-state index contributed by atoms with van der Waals surface area (Å²) >= 11 is 0. The van der Waals surface area contributed by atoms with Crippen LogP contribution in [-0.2, 0) is 19.4 Å². The van der Waals surface area contributed by atoms with Crippen molar-refractivity contribution < 1.29 is 27.9 Å². The zero-order valence-electron chi connectivity index (χ0n) is 12.1. The molecule has 1 saturated heterocycles. The largest absolute Gasteiger partial charge is 0.481 e. The number of rotatable bonds is 3. The highest BCUT2D eigenvalue weighted by Crippen LogP contribution is 2.26. The van der Waals surface area contributed by atoms with Gasteiger partial charge in [-0.3, -0.25) is 4.79 Å². The number of ether oxygens (including phenoxy) is 1. The average molecular weight is 307 g/mol. The zero-order chi connectivity index (χ0) is 15.7. The fraction of sp³-hybridized carbons (Fsp3) is 0.833. The lowest BCUT2D eigenvalue weighted by Crippen LogP contribution is -2.36. The molecule has 1 rings (SSSR count). The molecule has 1 heterocycles. The van der Waals surface area contributed by atoms with Crippen LogP contribution in [0, 0.1) is 11.8 Å². The Kier molecular flexibility index (Phi) is 4.68. The van der Waals surface area contributed by atoms with E-state index in [1.165, 1.54) is 4.90 Å². The summed E-state index contributed by atoms with van der Waals surface area (Å²) in [5, 5.41) is 9.14. The first-order chi connectivity index (χ1) is 8.89. The molecule has 0 aromatic heterocycles. The number of amides is 1. The minimum Gasteiger partial charge on any atom is -0.481 e. The average Bonchev–Trinajstić information content (AvgIpc) is 2.56. The summed E-state index contributed by atoms with van der Waals surface area (Å²) in [7, 11) is -3.30. The third-order valence-corrected chi connectivity index (χ3v) is 3.96. The first-order valence-corrected chi connectivity index (χ1v) is 8.33. The molecule has 0 aliphatic carbocycles. The van der Waals surface area contributed by atoms with Crippen LogP contribution in [0.1, 0.15) is 20.8 Å². The van der Waals surface area contributed by atoms with Gasteiger partial charge in [-0.25, -0.2) is 13.2 Å². The Morgan fingerprint density at radius 2 is 1.85 bits per heavy atom. The van der Waals surface area contributed by atoms with Crippen LogP contribution >= 0.6 is 0 Å². The van der Waals surface area contributed by atoms with Gasteiger partial charge in [0.25, 0.3) is 0 Å². The van der Waals surface area contributed by atoms with Gasteiger partial charge in [-0.15, -0.1) is 0 Å². The van der Waals surface area contributed by atoms with E-state index in [1.807, 2.05) is 0 Å². The third kappa shape index (κ3) is 4.99. The molecule has 1 fully saturated rings. The number of carbonyl (C=O) groups is 2. The van der Waals surface area contributed by atoms with Crippen LogP contribution in [0.4, 0.5) is 4.79 Å². The lowest BCUT2D eigenvalue weighted by molar-refractivity contribution is -0.142. The molecule has 1 amide bonds. The SMILES string of the molecule is CC(C)(C)OC(=O)N1C[C@@H](CS(C)(=O)=O)[C@@H](C(=O)O)C1. The monoisotopic (exact) mass is 307 g/mol. The number of carbonyl (C=O) groups excluding carboxylic acids is 1. The van der Waals surface area contributed by atoms with Crippen molar-refractivity contribution in [2.75, 3.05) is 25.1 Å². The second-order valence-corrected chi connectivity index (χ2v) is 8.37. The Balaban J connectivity index is 2.80. The normalized spacial score (nSPS) is 23.7. The molecule has 2 atom stereocenters. The molecule has 20 heavy (non-hydrogen) atoms. The molecule has 0 bridgehead atoms. The van der Waals surface area contributed by atoms with Gasteiger partial charge in [-0.2, -0.15) is 0 Å². The van der Waals surface area contributed by atoms with E-state index in [-0.39, 0.29) is 18.8 Å². The summed E-state index contributed by atoms with van der Waals surface area (Å²) in [5.74, 6) is -2.82. The summed E-state index contributed by atoms with van der Waals surface area (Å²) in [5.41, 5.74) is -0.676. The van der Waals surface area contributed by atoms with Gasteiger partial charge < -0.3 is 14.7 Å². The van der Waals surface area contributed by atoms with Crippen molar-refractivity contribution in [1.29, 1.82) is 0 Å². The quantitative estimate of drug-likeness (QED) is 0.819. The number of hydrogen-bond donors (Lipinski definition) is 1. The molecule has 8 heteroatoms. The summed E-state index contributed by atoms with van der Waals surface area (Å²) in [6.07, 6.45) is 0.446. The van der Waals surface area contributed by atoms with Crippen LogP contribution in [-0.4, -0.2) is 61.2 Å². The van der Waals surface area contributed by atoms with Gasteiger partial charge in [0.2, 0.25) is 0 Å². The van der Waals surface area contributed by atoms with Crippen LogP contribution in [0.2, 0.25) is 0 Å². The number of likely N-dealkylation sites (tertiary alicyclic amines) is 1. The molecule has 0 radical (unpaired) electrons. The Hall–Kier alpha value is -1.31. The van der Waals surface area contributed by atoms with Crippen molar-refractivity contribution in [3.05, 3.63) is 0 Å². The van der Waals surface area contributed by atoms with Gasteiger partial charge >= 0.3 is 12.1 Å². The van der Waals surface area contributed by atoms with Crippen molar-refractivity contribution in [1.82, 2.24) is 4.90 Å². The number of sulfone groups is 1. The van der Waals surface area contributed by atoms with Crippen LogP contribution in [0.5, 0.6) is 0 Å². The van der Waals surface area contributed by atoms with Crippen molar-refractivity contribution >= 4 is 21.9 Å². The van der Waals surface area contributed by atoms with E-state index < -0.39 is 39.3 Å². The Morgan fingerprint density at radius 3 is 2.25 bits per heavy atom.